The first kappa shape index (κ1) is 18.2. The molecule has 0 aliphatic rings. The molecule has 2 N–H and O–H groups in total. The first-order valence-electron chi connectivity index (χ1n) is 7.00. The number of amides is 2. The largest absolute Gasteiger partial charge is 0.325 e. The highest BCUT2D eigenvalue weighted by molar-refractivity contribution is 14.1. The molecule has 2 amide bonds. The molecule has 0 spiro atoms. The van der Waals surface area contributed by atoms with Crippen LogP contribution in [-0.2, 0) is 16.0 Å². The third kappa shape index (κ3) is 6.09. The van der Waals surface area contributed by atoms with Gasteiger partial charge in [0.15, 0.2) is 0 Å². The molecule has 2 aromatic carbocycles. The smallest absolute Gasteiger partial charge is 0.234 e. The lowest BCUT2D eigenvalue weighted by molar-refractivity contribution is -0.114. The second-order valence-electron chi connectivity index (χ2n) is 4.93. The van der Waals surface area contributed by atoms with Crippen molar-refractivity contribution in [1.29, 1.82) is 0 Å². The summed E-state index contributed by atoms with van der Waals surface area (Å²) in [5.41, 5.74) is 3.96. The van der Waals surface area contributed by atoms with Gasteiger partial charge in [-0.3, -0.25) is 9.59 Å². The van der Waals surface area contributed by atoms with Crippen LogP contribution in [0.15, 0.2) is 48.5 Å². The second-order valence-corrected chi connectivity index (χ2v) is 6.46. The van der Waals surface area contributed by atoms with Crippen LogP contribution in [0.1, 0.15) is 11.1 Å². The van der Waals surface area contributed by atoms with Gasteiger partial charge < -0.3 is 10.6 Å². The van der Waals surface area contributed by atoms with Crippen molar-refractivity contribution in [3.63, 3.8) is 0 Å². The van der Waals surface area contributed by atoms with E-state index in [1.807, 2.05) is 93.7 Å². The average molecular weight is 534 g/mol. The molecule has 0 fully saturated rings. The Labute approximate surface area is 162 Å². The summed E-state index contributed by atoms with van der Waals surface area (Å²) < 4.78 is 0.889. The molecule has 0 radical (unpaired) electrons. The van der Waals surface area contributed by atoms with E-state index in [1.165, 1.54) is 11.1 Å². The van der Waals surface area contributed by atoms with Crippen molar-refractivity contribution in [3.05, 3.63) is 59.7 Å². The summed E-state index contributed by atoms with van der Waals surface area (Å²) >= 11 is 4.07. The molecule has 23 heavy (non-hydrogen) atoms. The van der Waals surface area contributed by atoms with Crippen LogP contribution in [0.5, 0.6) is 0 Å². The van der Waals surface area contributed by atoms with Crippen molar-refractivity contribution >= 4 is 68.4 Å². The van der Waals surface area contributed by atoms with Crippen molar-refractivity contribution in [2.45, 2.75) is 6.42 Å². The quantitative estimate of drug-likeness (QED) is 0.435. The molecule has 0 heterocycles. The van der Waals surface area contributed by atoms with Crippen LogP contribution < -0.4 is 10.6 Å². The zero-order valence-corrected chi connectivity index (χ0v) is 16.6. The number of hydrogen-bond acceptors (Lipinski definition) is 2. The lowest BCUT2D eigenvalue weighted by Gasteiger charge is -2.07. The van der Waals surface area contributed by atoms with E-state index in [9.17, 15) is 9.59 Å². The van der Waals surface area contributed by atoms with Crippen molar-refractivity contribution in [1.82, 2.24) is 0 Å². The van der Waals surface area contributed by atoms with Crippen LogP contribution in [0.2, 0.25) is 0 Å². The maximum Gasteiger partial charge on any atom is 0.234 e. The average Bonchev–Trinajstić information content (AvgIpc) is 2.58. The lowest BCUT2D eigenvalue weighted by Crippen LogP contribution is -2.12. The highest BCUT2D eigenvalue weighted by atomic mass is 127. The molecule has 2 rings (SSSR count). The minimum absolute atomic E-state index is 0.00230. The standard InChI is InChI=1S/C17H16I2N2O2/c18-10-16(22)20-14-5-1-12(2-6-14)9-13-3-7-15(8-4-13)21-17(23)11-19/h1-8H,9-11H2,(H,20,22)(H,21,23). The van der Waals surface area contributed by atoms with Crippen LogP contribution in [0.3, 0.4) is 0 Å². The Morgan fingerprint density at radius 2 is 1.04 bits per heavy atom. The molecule has 0 unspecified atom stereocenters. The van der Waals surface area contributed by atoms with Crippen LogP contribution in [0, 0.1) is 0 Å². The van der Waals surface area contributed by atoms with Gasteiger partial charge in [-0.1, -0.05) is 69.4 Å². The van der Waals surface area contributed by atoms with Gasteiger partial charge in [0.1, 0.15) is 0 Å². The Hall–Kier alpha value is -1.16. The molecule has 0 aliphatic carbocycles. The fourth-order valence-corrected chi connectivity index (χ4v) is 2.42. The van der Waals surface area contributed by atoms with E-state index in [4.69, 9.17) is 0 Å². The SMILES string of the molecule is O=C(CI)Nc1ccc(Cc2ccc(NC(=O)CI)cc2)cc1. The summed E-state index contributed by atoms with van der Waals surface area (Å²) in [7, 11) is 0. The van der Waals surface area contributed by atoms with Crippen molar-refractivity contribution < 1.29 is 9.59 Å². The van der Waals surface area contributed by atoms with Gasteiger partial charge in [0.2, 0.25) is 11.8 Å². The fourth-order valence-electron chi connectivity index (χ4n) is 2.04. The topological polar surface area (TPSA) is 58.2 Å². The highest BCUT2D eigenvalue weighted by Gasteiger charge is 2.02. The monoisotopic (exact) mass is 534 g/mol. The molecule has 6 heteroatoms. The molecule has 2 aromatic rings. The van der Waals surface area contributed by atoms with Gasteiger partial charge in [-0.25, -0.2) is 0 Å². The van der Waals surface area contributed by atoms with E-state index in [-0.39, 0.29) is 11.8 Å². The van der Waals surface area contributed by atoms with E-state index in [1.54, 1.807) is 0 Å². The van der Waals surface area contributed by atoms with E-state index in [0.717, 1.165) is 17.8 Å². The van der Waals surface area contributed by atoms with Gasteiger partial charge in [0, 0.05) is 11.4 Å². The van der Waals surface area contributed by atoms with Gasteiger partial charge >= 0.3 is 0 Å². The van der Waals surface area contributed by atoms with Crippen LogP contribution >= 0.6 is 45.2 Å². The summed E-state index contributed by atoms with van der Waals surface area (Å²) in [5.74, 6) is 0.00461. The molecular weight excluding hydrogens is 518 g/mol. The number of halogens is 2. The summed E-state index contributed by atoms with van der Waals surface area (Å²) in [6.07, 6.45) is 0.807. The Balaban J connectivity index is 1.96. The van der Waals surface area contributed by atoms with Gasteiger partial charge in [0.25, 0.3) is 0 Å². The highest BCUT2D eigenvalue weighted by Crippen LogP contribution is 2.16. The van der Waals surface area contributed by atoms with Gasteiger partial charge in [0.05, 0.1) is 8.86 Å². The molecule has 0 aliphatic heterocycles. The number of rotatable bonds is 6. The molecule has 0 saturated heterocycles. The predicted octanol–water partition coefficient (Wildman–Crippen LogP) is 4.02. The molecule has 4 nitrogen and oxygen atoms in total. The third-order valence-corrected chi connectivity index (χ3v) is 4.51. The Morgan fingerprint density at radius 1 is 0.696 bits per heavy atom. The molecule has 0 saturated carbocycles. The van der Waals surface area contributed by atoms with E-state index in [2.05, 4.69) is 10.6 Å². The summed E-state index contributed by atoms with van der Waals surface area (Å²) in [5, 5.41) is 5.65. The van der Waals surface area contributed by atoms with E-state index >= 15 is 0 Å². The Morgan fingerprint density at radius 3 is 1.35 bits per heavy atom. The van der Waals surface area contributed by atoms with E-state index in [0.29, 0.717) is 8.86 Å². The number of nitrogens with one attached hydrogen (secondary N) is 2. The van der Waals surface area contributed by atoms with E-state index < -0.39 is 0 Å². The first-order valence-corrected chi connectivity index (χ1v) is 10.1. The minimum Gasteiger partial charge on any atom is -0.325 e. The molecular formula is C17H16I2N2O2. The second kappa shape index (κ2) is 9.21. The maximum atomic E-state index is 11.3. The van der Waals surface area contributed by atoms with Crippen LogP contribution in [0.4, 0.5) is 11.4 Å². The normalized spacial score (nSPS) is 10.2. The summed E-state index contributed by atoms with van der Waals surface area (Å²) in [4.78, 5) is 22.7. The van der Waals surface area contributed by atoms with Gasteiger partial charge in [-0.05, 0) is 41.8 Å². The maximum absolute atomic E-state index is 11.3. The minimum atomic E-state index is 0.00230. The van der Waals surface area contributed by atoms with Gasteiger partial charge in [-0.2, -0.15) is 0 Å². The van der Waals surface area contributed by atoms with Crippen LogP contribution in [0.25, 0.3) is 0 Å². The molecule has 120 valence electrons. The summed E-state index contributed by atoms with van der Waals surface area (Å²) in [6, 6.07) is 15.7. The number of hydrogen-bond donors (Lipinski definition) is 2. The number of alkyl halides is 2. The molecule has 0 atom stereocenters. The van der Waals surface area contributed by atoms with Crippen LogP contribution in [-0.4, -0.2) is 20.7 Å². The lowest BCUT2D eigenvalue weighted by atomic mass is 10.0. The van der Waals surface area contributed by atoms with Gasteiger partial charge in [-0.15, -0.1) is 0 Å². The van der Waals surface area contributed by atoms with Crippen molar-refractivity contribution in [2.24, 2.45) is 0 Å². The molecule has 0 aromatic heterocycles. The number of benzene rings is 2. The fraction of sp³-hybridized carbons (Fsp3) is 0.176. The number of carbonyl (C=O) groups is 2. The Kier molecular flexibility index (Phi) is 7.28. The van der Waals surface area contributed by atoms with Crippen molar-refractivity contribution in [2.75, 3.05) is 19.5 Å². The predicted molar refractivity (Wildman–Crippen MR) is 111 cm³/mol. The number of anilines is 2. The number of carbonyl (C=O) groups excluding carboxylic acids is 2. The third-order valence-electron chi connectivity index (χ3n) is 3.13. The molecule has 0 bridgehead atoms. The first-order chi connectivity index (χ1) is 11.1. The zero-order chi connectivity index (χ0) is 16.7. The Bertz CT molecular complexity index is 610. The summed E-state index contributed by atoms with van der Waals surface area (Å²) in [6.45, 7) is 0. The zero-order valence-electron chi connectivity index (χ0n) is 12.3. The van der Waals surface area contributed by atoms with Crippen molar-refractivity contribution in [3.8, 4) is 0 Å².